The summed E-state index contributed by atoms with van der Waals surface area (Å²) in [5, 5.41) is 9.17. The molecule has 0 aliphatic rings. The highest BCUT2D eigenvalue weighted by Crippen LogP contribution is 2.40. The molecule has 0 aliphatic carbocycles. The third-order valence-corrected chi connectivity index (χ3v) is 3.46. The molecule has 0 radical (unpaired) electrons. The van der Waals surface area contributed by atoms with Crippen molar-refractivity contribution in [2.75, 3.05) is 14.2 Å². The van der Waals surface area contributed by atoms with Crippen LogP contribution in [-0.2, 0) is 4.79 Å². The van der Waals surface area contributed by atoms with Crippen molar-refractivity contribution in [3.05, 3.63) is 48.0 Å². The van der Waals surface area contributed by atoms with Crippen LogP contribution in [0.15, 0.2) is 42.5 Å². The Labute approximate surface area is 123 Å². The van der Waals surface area contributed by atoms with Crippen molar-refractivity contribution in [2.45, 2.75) is 12.8 Å². The van der Waals surface area contributed by atoms with E-state index in [1.165, 1.54) is 0 Å². The predicted molar refractivity (Wildman–Crippen MR) is 81.0 cm³/mol. The number of aliphatic carboxylic acids is 1. The van der Waals surface area contributed by atoms with E-state index in [0.29, 0.717) is 17.1 Å². The lowest BCUT2D eigenvalue weighted by Gasteiger charge is -2.17. The Morgan fingerprint density at radius 2 is 1.57 bits per heavy atom. The summed E-state index contributed by atoms with van der Waals surface area (Å²) >= 11 is 0. The number of methoxy groups -OCH3 is 2. The van der Waals surface area contributed by atoms with E-state index in [9.17, 15) is 4.79 Å². The van der Waals surface area contributed by atoms with E-state index < -0.39 is 11.9 Å². The van der Waals surface area contributed by atoms with E-state index >= 15 is 0 Å². The highest BCUT2D eigenvalue weighted by molar-refractivity contribution is 5.81. The van der Waals surface area contributed by atoms with Crippen LogP contribution >= 0.6 is 0 Å². The van der Waals surface area contributed by atoms with Crippen molar-refractivity contribution in [3.63, 3.8) is 0 Å². The Balaban J connectivity index is 2.63. The molecular weight excluding hydrogens is 268 g/mol. The van der Waals surface area contributed by atoms with E-state index in [2.05, 4.69) is 0 Å². The Hall–Kier alpha value is -2.49. The normalized spacial score (nSPS) is 11.8. The fourth-order valence-corrected chi connectivity index (χ4v) is 2.21. The molecule has 0 aliphatic heterocycles. The minimum atomic E-state index is -0.883. The summed E-state index contributed by atoms with van der Waals surface area (Å²) < 4.78 is 10.9. The largest absolute Gasteiger partial charge is 0.496 e. The number of benzene rings is 2. The number of hydrogen-bond acceptors (Lipinski definition) is 3. The number of carboxylic acid groups (broad SMARTS) is 1. The third kappa shape index (κ3) is 2.99. The molecule has 0 amide bonds. The molecule has 4 nitrogen and oxygen atoms in total. The summed E-state index contributed by atoms with van der Waals surface area (Å²) in [6.45, 7) is 1.64. The maximum Gasteiger partial charge on any atom is 0.310 e. The number of hydrogen-bond donors (Lipinski definition) is 1. The lowest BCUT2D eigenvalue weighted by atomic mass is 9.95. The van der Waals surface area contributed by atoms with E-state index in [4.69, 9.17) is 14.6 Å². The van der Waals surface area contributed by atoms with Gasteiger partial charge in [-0.15, -0.1) is 0 Å². The van der Waals surface area contributed by atoms with Crippen LogP contribution in [0.2, 0.25) is 0 Å². The number of carboxylic acids is 1. The van der Waals surface area contributed by atoms with Crippen LogP contribution in [0.3, 0.4) is 0 Å². The zero-order chi connectivity index (χ0) is 15.4. The molecule has 1 atom stereocenters. The Bertz CT molecular complexity index is 609. The molecule has 2 rings (SSSR count). The first-order valence-electron chi connectivity index (χ1n) is 6.62. The smallest absolute Gasteiger partial charge is 0.310 e. The SMILES string of the molecule is COc1cc(C(C)C(=O)O)cc(OC)c1-c1ccccc1. The molecule has 0 heterocycles. The van der Waals surface area contributed by atoms with Crippen molar-refractivity contribution in [1.29, 1.82) is 0 Å². The monoisotopic (exact) mass is 286 g/mol. The second-order valence-electron chi connectivity index (χ2n) is 4.73. The maximum atomic E-state index is 11.2. The van der Waals surface area contributed by atoms with Gasteiger partial charge in [0.25, 0.3) is 0 Å². The Kier molecular flexibility index (Phi) is 4.48. The molecule has 0 saturated carbocycles. The fourth-order valence-electron chi connectivity index (χ4n) is 2.21. The van der Waals surface area contributed by atoms with E-state index in [1.807, 2.05) is 30.3 Å². The average molecular weight is 286 g/mol. The summed E-state index contributed by atoms with van der Waals surface area (Å²) in [5.74, 6) is -0.309. The van der Waals surface area contributed by atoms with E-state index in [1.54, 1.807) is 33.3 Å². The van der Waals surface area contributed by atoms with Gasteiger partial charge in [-0.1, -0.05) is 30.3 Å². The van der Waals surface area contributed by atoms with Crippen LogP contribution < -0.4 is 9.47 Å². The maximum absolute atomic E-state index is 11.2. The van der Waals surface area contributed by atoms with Gasteiger partial charge in [-0.25, -0.2) is 0 Å². The molecule has 0 spiro atoms. The van der Waals surface area contributed by atoms with Crippen molar-refractivity contribution in [1.82, 2.24) is 0 Å². The highest BCUT2D eigenvalue weighted by atomic mass is 16.5. The first kappa shape index (κ1) is 14.9. The molecule has 1 unspecified atom stereocenters. The van der Waals surface area contributed by atoms with Gasteiger partial charge >= 0.3 is 5.97 Å². The predicted octanol–water partition coefficient (Wildman–Crippen LogP) is 3.56. The Morgan fingerprint density at radius 3 is 2.00 bits per heavy atom. The first-order valence-corrected chi connectivity index (χ1v) is 6.62. The van der Waals surface area contributed by atoms with Gasteiger partial charge < -0.3 is 14.6 Å². The summed E-state index contributed by atoms with van der Waals surface area (Å²) in [4.78, 5) is 11.2. The van der Waals surface area contributed by atoms with Gasteiger partial charge in [-0.05, 0) is 30.2 Å². The number of carbonyl (C=O) groups is 1. The van der Waals surface area contributed by atoms with Crippen molar-refractivity contribution >= 4 is 5.97 Å². The van der Waals surface area contributed by atoms with Crippen LogP contribution in [0.4, 0.5) is 0 Å². The van der Waals surface area contributed by atoms with Gasteiger partial charge in [-0.3, -0.25) is 4.79 Å². The quantitative estimate of drug-likeness (QED) is 0.913. The molecular formula is C17H18O4. The molecule has 21 heavy (non-hydrogen) atoms. The summed E-state index contributed by atoms with van der Waals surface area (Å²) in [7, 11) is 3.13. The summed E-state index contributed by atoms with van der Waals surface area (Å²) in [5.41, 5.74) is 2.43. The molecule has 0 saturated heterocycles. The third-order valence-electron chi connectivity index (χ3n) is 3.46. The minimum Gasteiger partial charge on any atom is -0.496 e. The topological polar surface area (TPSA) is 55.8 Å². The van der Waals surface area contributed by atoms with Crippen LogP contribution in [0.1, 0.15) is 18.4 Å². The number of ether oxygens (including phenoxy) is 2. The zero-order valence-electron chi connectivity index (χ0n) is 12.3. The molecule has 1 N–H and O–H groups in total. The lowest BCUT2D eigenvalue weighted by molar-refractivity contribution is -0.138. The summed E-state index contributed by atoms with van der Waals surface area (Å²) in [6.07, 6.45) is 0. The molecule has 110 valence electrons. The van der Waals surface area contributed by atoms with Gasteiger partial charge in [0.05, 0.1) is 25.7 Å². The lowest BCUT2D eigenvalue weighted by Crippen LogP contribution is -2.08. The second-order valence-corrected chi connectivity index (χ2v) is 4.73. The molecule has 0 bridgehead atoms. The van der Waals surface area contributed by atoms with Crippen LogP contribution in [0, 0.1) is 0 Å². The van der Waals surface area contributed by atoms with Gasteiger partial charge in [0.1, 0.15) is 11.5 Å². The van der Waals surface area contributed by atoms with Crippen molar-refractivity contribution < 1.29 is 19.4 Å². The molecule has 0 aromatic heterocycles. The van der Waals surface area contributed by atoms with Crippen molar-refractivity contribution in [3.8, 4) is 22.6 Å². The van der Waals surface area contributed by atoms with E-state index in [-0.39, 0.29) is 0 Å². The van der Waals surface area contributed by atoms with Gasteiger partial charge in [0.2, 0.25) is 0 Å². The minimum absolute atomic E-state index is 0.601. The molecule has 2 aromatic rings. The van der Waals surface area contributed by atoms with E-state index in [0.717, 1.165) is 11.1 Å². The van der Waals surface area contributed by atoms with Crippen molar-refractivity contribution in [2.24, 2.45) is 0 Å². The fraction of sp³-hybridized carbons (Fsp3) is 0.235. The van der Waals surface area contributed by atoms with Gasteiger partial charge in [0, 0.05) is 0 Å². The first-order chi connectivity index (χ1) is 10.1. The van der Waals surface area contributed by atoms with Crippen LogP contribution in [-0.4, -0.2) is 25.3 Å². The zero-order valence-corrected chi connectivity index (χ0v) is 12.3. The highest BCUT2D eigenvalue weighted by Gasteiger charge is 2.20. The van der Waals surface area contributed by atoms with Crippen LogP contribution in [0.5, 0.6) is 11.5 Å². The van der Waals surface area contributed by atoms with Gasteiger partial charge in [0.15, 0.2) is 0 Å². The van der Waals surface area contributed by atoms with Gasteiger partial charge in [-0.2, -0.15) is 0 Å². The Morgan fingerprint density at radius 1 is 1.05 bits per heavy atom. The standard InChI is InChI=1S/C17H18O4/c1-11(17(18)19)13-9-14(20-2)16(15(10-13)21-3)12-7-5-4-6-8-12/h4-11H,1-3H3,(H,18,19). The van der Waals surface area contributed by atoms with Crippen LogP contribution in [0.25, 0.3) is 11.1 Å². The molecule has 2 aromatic carbocycles. The molecule has 0 fully saturated rings. The number of rotatable bonds is 5. The average Bonchev–Trinajstić information content (AvgIpc) is 2.53. The summed E-state index contributed by atoms with van der Waals surface area (Å²) in [6, 6.07) is 13.2. The second kappa shape index (κ2) is 6.31. The molecule has 4 heteroatoms.